The molecule has 8 nitrogen and oxygen atoms in total. The van der Waals surface area contributed by atoms with E-state index in [0.29, 0.717) is 37.4 Å². The van der Waals surface area contributed by atoms with Crippen LogP contribution in [-0.2, 0) is 19.0 Å². The van der Waals surface area contributed by atoms with Gasteiger partial charge in [0.25, 0.3) is 18.2 Å². The van der Waals surface area contributed by atoms with Crippen LogP contribution < -0.4 is 0 Å². The summed E-state index contributed by atoms with van der Waals surface area (Å²) >= 11 is 0. The Balaban J connectivity index is 1.56. The third-order valence-electron chi connectivity index (χ3n) is 5.58. The Labute approximate surface area is 192 Å². The lowest BCUT2D eigenvalue weighted by Crippen LogP contribution is -2.41. The van der Waals surface area contributed by atoms with Gasteiger partial charge in [-0.2, -0.15) is 0 Å². The molecular weight excluding hydrogens is 424 g/mol. The molecule has 2 aliphatic heterocycles. The molecule has 0 aromatic heterocycles. The van der Waals surface area contributed by atoms with Gasteiger partial charge in [-0.3, -0.25) is 19.3 Å². The van der Waals surface area contributed by atoms with Gasteiger partial charge in [0, 0.05) is 17.7 Å². The first kappa shape index (κ1) is 22.7. The number of nitrogens with zero attached hydrogens (tertiary/aromatic N) is 2. The molecule has 2 atom stereocenters. The van der Waals surface area contributed by atoms with Crippen LogP contribution in [0.3, 0.4) is 0 Å². The van der Waals surface area contributed by atoms with Gasteiger partial charge in [-0.25, -0.2) is 0 Å². The highest BCUT2D eigenvalue weighted by atomic mass is 16.7. The fourth-order valence-corrected chi connectivity index (χ4v) is 3.96. The molecule has 33 heavy (non-hydrogen) atoms. The average molecular weight is 450 g/mol. The van der Waals surface area contributed by atoms with E-state index in [1.807, 2.05) is 12.1 Å². The lowest BCUT2D eigenvalue weighted by Gasteiger charge is -2.28. The van der Waals surface area contributed by atoms with Crippen LogP contribution in [0.5, 0.6) is 0 Å². The molecule has 8 heteroatoms. The molecule has 0 saturated carbocycles. The van der Waals surface area contributed by atoms with Gasteiger partial charge in [-0.15, -0.1) is 0 Å². The molecule has 4 rings (SSSR count). The van der Waals surface area contributed by atoms with Gasteiger partial charge in [-0.05, 0) is 38.1 Å². The molecule has 0 aliphatic carbocycles. The minimum Gasteiger partial charge on any atom is -0.451 e. The monoisotopic (exact) mass is 450 g/mol. The van der Waals surface area contributed by atoms with Crippen LogP contribution in [0.1, 0.15) is 34.6 Å². The molecule has 0 spiro atoms. The van der Waals surface area contributed by atoms with E-state index in [2.05, 4.69) is 0 Å². The third-order valence-corrected chi connectivity index (χ3v) is 5.58. The Morgan fingerprint density at radius 2 is 1.30 bits per heavy atom. The number of ether oxygens (including phenoxy) is 3. The molecule has 0 bridgehead atoms. The minimum absolute atomic E-state index is 0.222. The summed E-state index contributed by atoms with van der Waals surface area (Å²) < 4.78 is 17.4. The Morgan fingerprint density at radius 1 is 0.788 bits per heavy atom. The number of rotatable bonds is 6. The lowest BCUT2D eigenvalue weighted by atomic mass is 10.1. The molecule has 0 radical (unpaired) electrons. The van der Waals surface area contributed by atoms with Crippen LogP contribution in [0.2, 0.25) is 0 Å². The van der Waals surface area contributed by atoms with Crippen molar-refractivity contribution in [2.45, 2.75) is 26.5 Å². The predicted octanol–water partition coefficient (Wildman–Crippen LogP) is 2.82. The molecule has 2 fully saturated rings. The van der Waals surface area contributed by atoms with Crippen LogP contribution in [0.4, 0.5) is 0 Å². The number of Topliss-reactive ketones (excluding diaryl/α,β-unsaturated/α-hetero) is 1. The summed E-state index contributed by atoms with van der Waals surface area (Å²) in [5.41, 5.74) is 1.25. The number of hydrogen-bond donors (Lipinski definition) is 0. The van der Waals surface area contributed by atoms with E-state index in [-0.39, 0.29) is 28.9 Å². The first-order valence-electron chi connectivity index (χ1n) is 10.8. The van der Waals surface area contributed by atoms with E-state index in [1.165, 1.54) is 16.7 Å². The maximum absolute atomic E-state index is 13.0. The number of benzene rings is 2. The van der Waals surface area contributed by atoms with Crippen LogP contribution in [-0.4, -0.2) is 66.3 Å². The van der Waals surface area contributed by atoms with Crippen molar-refractivity contribution in [3.05, 3.63) is 83.1 Å². The Morgan fingerprint density at radius 3 is 1.88 bits per heavy atom. The zero-order valence-electron chi connectivity index (χ0n) is 18.6. The van der Waals surface area contributed by atoms with Crippen LogP contribution in [0.25, 0.3) is 0 Å². The van der Waals surface area contributed by atoms with Crippen LogP contribution >= 0.6 is 0 Å². The zero-order valence-corrected chi connectivity index (χ0v) is 18.6. The first-order valence-corrected chi connectivity index (χ1v) is 10.8. The van der Waals surface area contributed by atoms with Gasteiger partial charge in [0.1, 0.15) is 5.76 Å². The second-order valence-corrected chi connectivity index (χ2v) is 7.77. The summed E-state index contributed by atoms with van der Waals surface area (Å²) in [5, 5.41) is 0. The minimum atomic E-state index is -0.980. The van der Waals surface area contributed by atoms with E-state index in [9.17, 15) is 14.4 Å². The molecule has 2 heterocycles. The second-order valence-electron chi connectivity index (χ2n) is 7.77. The van der Waals surface area contributed by atoms with E-state index in [1.54, 1.807) is 55.5 Å². The summed E-state index contributed by atoms with van der Waals surface area (Å²) in [6.07, 6.45) is -1.86. The number of allylic oxidation sites excluding steroid dienone is 1. The molecule has 2 aromatic rings. The number of carbonyl (C=O) groups is 3. The van der Waals surface area contributed by atoms with Gasteiger partial charge in [0.2, 0.25) is 0 Å². The van der Waals surface area contributed by atoms with Crippen molar-refractivity contribution >= 4 is 17.6 Å². The fraction of sp³-hybridized carbons (Fsp3) is 0.320. The summed E-state index contributed by atoms with van der Waals surface area (Å²) in [7, 11) is 0. The molecule has 2 saturated heterocycles. The predicted molar refractivity (Wildman–Crippen MR) is 119 cm³/mol. The largest absolute Gasteiger partial charge is 0.451 e. The summed E-state index contributed by atoms with van der Waals surface area (Å²) in [4.78, 5) is 41.5. The SMILES string of the molecule is CC(=O)/C(=C(/C)OC1OCCN1C(=O)c1ccccc1)C1OCCN1C(=O)c1ccccc1. The fourth-order valence-electron chi connectivity index (χ4n) is 3.96. The van der Waals surface area contributed by atoms with Crippen LogP contribution in [0.15, 0.2) is 72.0 Å². The van der Waals surface area contributed by atoms with Crippen molar-refractivity contribution in [1.82, 2.24) is 9.80 Å². The average Bonchev–Trinajstić information content (AvgIpc) is 3.49. The Hall–Kier alpha value is -3.49. The third kappa shape index (κ3) is 4.81. The van der Waals surface area contributed by atoms with Gasteiger partial charge >= 0.3 is 0 Å². The highest BCUT2D eigenvalue weighted by molar-refractivity contribution is 5.98. The smallest absolute Gasteiger partial charge is 0.286 e. The number of carbonyl (C=O) groups excluding carboxylic acids is 3. The van der Waals surface area contributed by atoms with Gasteiger partial charge < -0.3 is 19.1 Å². The Bertz CT molecular complexity index is 1050. The van der Waals surface area contributed by atoms with Crippen molar-refractivity contribution in [1.29, 1.82) is 0 Å². The Kier molecular flexibility index (Phi) is 6.86. The molecule has 0 N–H and O–H groups in total. The molecule has 2 aromatic carbocycles. The number of hydrogen-bond acceptors (Lipinski definition) is 6. The van der Waals surface area contributed by atoms with E-state index in [4.69, 9.17) is 14.2 Å². The topological polar surface area (TPSA) is 85.4 Å². The van der Waals surface area contributed by atoms with Gasteiger partial charge in [-0.1, -0.05) is 36.4 Å². The normalized spacial score (nSPS) is 21.0. The quantitative estimate of drug-likeness (QED) is 0.497. The highest BCUT2D eigenvalue weighted by Gasteiger charge is 2.38. The molecule has 2 aliphatic rings. The van der Waals surface area contributed by atoms with E-state index < -0.39 is 12.6 Å². The summed E-state index contributed by atoms with van der Waals surface area (Å²) in [5.74, 6) is -0.502. The second kappa shape index (κ2) is 9.97. The van der Waals surface area contributed by atoms with Crippen molar-refractivity contribution in [3.8, 4) is 0 Å². The maximum atomic E-state index is 13.0. The number of ketones is 1. The molecule has 2 unspecified atom stereocenters. The number of amides is 2. The highest BCUT2D eigenvalue weighted by Crippen LogP contribution is 2.27. The van der Waals surface area contributed by atoms with Gasteiger partial charge in [0.15, 0.2) is 12.0 Å². The van der Waals surface area contributed by atoms with Crippen molar-refractivity contribution in [2.75, 3.05) is 26.3 Å². The first-order chi connectivity index (χ1) is 16.0. The van der Waals surface area contributed by atoms with Gasteiger partial charge in [0.05, 0.1) is 25.3 Å². The van der Waals surface area contributed by atoms with E-state index in [0.717, 1.165) is 0 Å². The van der Waals surface area contributed by atoms with E-state index >= 15 is 0 Å². The molecular formula is C25H26N2O6. The van der Waals surface area contributed by atoms with Crippen molar-refractivity contribution < 1.29 is 28.6 Å². The summed E-state index contributed by atoms with van der Waals surface area (Å²) in [6.45, 7) is 4.34. The molecule has 2 amide bonds. The standard InChI is InChI=1S/C25H26N2O6/c1-17(28)21(24-26(13-15-31-24)22(29)19-9-5-3-6-10-19)18(2)33-25-27(14-16-32-25)23(30)20-11-7-4-8-12-20/h3-12,24-25H,13-16H2,1-2H3/b21-18+. The van der Waals surface area contributed by atoms with Crippen molar-refractivity contribution in [3.63, 3.8) is 0 Å². The lowest BCUT2D eigenvalue weighted by molar-refractivity contribution is -0.138. The van der Waals surface area contributed by atoms with Crippen molar-refractivity contribution in [2.24, 2.45) is 0 Å². The van der Waals surface area contributed by atoms with Crippen LogP contribution in [0, 0.1) is 0 Å². The maximum Gasteiger partial charge on any atom is 0.286 e. The summed E-state index contributed by atoms with van der Waals surface area (Å²) in [6, 6.07) is 17.7. The molecule has 172 valence electrons. The zero-order chi connectivity index (χ0) is 23.4.